The Morgan fingerprint density at radius 2 is 1.88 bits per heavy atom. The second-order valence-electron chi connectivity index (χ2n) is 6.12. The van der Waals surface area contributed by atoms with Crippen molar-refractivity contribution in [1.82, 2.24) is 0 Å². The van der Waals surface area contributed by atoms with Crippen LogP contribution in [0.2, 0.25) is 5.02 Å². The number of rotatable bonds is 1. The first-order chi connectivity index (χ1) is 7.80. The van der Waals surface area contributed by atoms with Crippen molar-refractivity contribution in [1.29, 1.82) is 0 Å². The Hall–Kier alpha value is -0.820. The van der Waals surface area contributed by atoms with Gasteiger partial charge in [-0.05, 0) is 22.5 Å². The third-order valence-corrected chi connectivity index (χ3v) is 3.68. The van der Waals surface area contributed by atoms with Crippen LogP contribution in [0.1, 0.15) is 45.7 Å². The molecule has 0 saturated heterocycles. The van der Waals surface area contributed by atoms with Gasteiger partial charge >= 0.3 is 0 Å². The van der Waals surface area contributed by atoms with Gasteiger partial charge in [0.15, 0.2) is 0 Å². The summed E-state index contributed by atoms with van der Waals surface area (Å²) in [4.78, 5) is 4.71. The van der Waals surface area contributed by atoms with Gasteiger partial charge in [-0.3, -0.25) is 4.99 Å². The van der Waals surface area contributed by atoms with E-state index in [-0.39, 0.29) is 5.41 Å². The Morgan fingerprint density at radius 1 is 1.24 bits per heavy atom. The fraction of sp³-hybridized carbons (Fsp3) is 0.533. The normalized spacial score (nSPS) is 15.1. The van der Waals surface area contributed by atoms with Crippen LogP contribution in [0.3, 0.4) is 0 Å². The van der Waals surface area contributed by atoms with Crippen molar-refractivity contribution < 1.29 is 0 Å². The lowest BCUT2D eigenvalue weighted by Crippen LogP contribution is -2.11. The highest BCUT2D eigenvalue weighted by Gasteiger charge is 2.25. The molecule has 2 rings (SSSR count). The lowest BCUT2D eigenvalue weighted by molar-refractivity contribution is 0.590. The van der Waals surface area contributed by atoms with Crippen LogP contribution >= 0.6 is 11.6 Å². The number of aliphatic imine (C=N–C) groups is 1. The molecule has 0 spiro atoms. The van der Waals surface area contributed by atoms with E-state index in [1.54, 1.807) is 0 Å². The van der Waals surface area contributed by atoms with Gasteiger partial charge in [-0.15, -0.1) is 0 Å². The summed E-state index contributed by atoms with van der Waals surface area (Å²) in [5.74, 6) is 0.497. The Balaban J connectivity index is 2.52. The lowest BCUT2D eigenvalue weighted by atomic mass is 9.86. The van der Waals surface area contributed by atoms with Gasteiger partial charge in [-0.25, -0.2) is 0 Å². The standard InChI is InChI=1S/C15H20ClN/c1-9(2)12-8-10-6-7-11(15(3,4)5)13(16)14(10)17-12/h6-7,9H,8H2,1-5H3. The average Bonchev–Trinajstić information content (AvgIpc) is 2.60. The van der Waals surface area contributed by atoms with E-state index >= 15 is 0 Å². The maximum Gasteiger partial charge on any atom is 0.0854 e. The molecule has 0 radical (unpaired) electrons. The molecule has 17 heavy (non-hydrogen) atoms. The molecule has 2 heteroatoms. The zero-order chi connectivity index (χ0) is 12.8. The number of benzene rings is 1. The highest BCUT2D eigenvalue weighted by atomic mass is 35.5. The van der Waals surface area contributed by atoms with Crippen molar-refractivity contribution in [3.8, 4) is 0 Å². The minimum absolute atomic E-state index is 0.0716. The molecular weight excluding hydrogens is 230 g/mol. The molecule has 1 aliphatic rings. The van der Waals surface area contributed by atoms with Crippen LogP contribution in [0.25, 0.3) is 0 Å². The quantitative estimate of drug-likeness (QED) is 0.670. The fourth-order valence-electron chi connectivity index (χ4n) is 2.16. The monoisotopic (exact) mass is 249 g/mol. The van der Waals surface area contributed by atoms with Crippen LogP contribution in [0.5, 0.6) is 0 Å². The van der Waals surface area contributed by atoms with Gasteiger partial charge in [0, 0.05) is 12.1 Å². The molecule has 0 bridgehead atoms. The maximum absolute atomic E-state index is 6.50. The summed E-state index contributed by atoms with van der Waals surface area (Å²) in [5, 5.41) is 0.839. The van der Waals surface area contributed by atoms with E-state index in [0.717, 1.165) is 17.1 Å². The third-order valence-electron chi connectivity index (χ3n) is 3.30. The summed E-state index contributed by atoms with van der Waals surface area (Å²) in [5.41, 5.74) is 4.77. The summed E-state index contributed by atoms with van der Waals surface area (Å²) < 4.78 is 0. The fourth-order valence-corrected chi connectivity index (χ4v) is 2.67. The molecular formula is C15H20ClN. The van der Waals surface area contributed by atoms with Crippen molar-refractivity contribution in [2.24, 2.45) is 10.9 Å². The van der Waals surface area contributed by atoms with Gasteiger partial charge in [0.2, 0.25) is 0 Å². The SMILES string of the molecule is CC(C)C1=Nc2c(ccc(C(C)(C)C)c2Cl)C1. The zero-order valence-electron chi connectivity index (χ0n) is 11.3. The smallest absolute Gasteiger partial charge is 0.0854 e. The second kappa shape index (κ2) is 4.13. The summed E-state index contributed by atoms with van der Waals surface area (Å²) in [6, 6.07) is 4.33. The van der Waals surface area contributed by atoms with Crippen molar-refractivity contribution in [3.05, 3.63) is 28.3 Å². The number of nitrogens with zero attached hydrogens (tertiary/aromatic N) is 1. The first-order valence-electron chi connectivity index (χ1n) is 6.20. The average molecular weight is 250 g/mol. The molecule has 0 aromatic heterocycles. The summed E-state index contributed by atoms with van der Waals surface area (Å²) in [6.45, 7) is 10.9. The highest BCUT2D eigenvalue weighted by Crippen LogP contribution is 2.41. The Bertz CT molecular complexity index is 478. The molecule has 0 fully saturated rings. The molecule has 1 aromatic rings. The van der Waals surface area contributed by atoms with E-state index in [0.29, 0.717) is 5.92 Å². The number of halogens is 1. The van der Waals surface area contributed by atoms with Crippen LogP contribution in [0.15, 0.2) is 17.1 Å². The molecule has 0 N–H and O–H groups in total. The van der Waals surface area contributed by atoms with E-state index in [4.69, 9.17) is 16.6 Å². The van der Waals surface area contributed by atoms with Gasteiger partial charge in [-0.2, -0.15) is 0 Å². The van der Waals surface area contributed by atoms with Crippen molar-refractivity contribution >= 4 is 23.0 Å². The number of hydrogen-bond acceptors (Lipinski definition) is 1. The van der Waals surface area contributed by atoms with E-state index in [1.165, 1.54) is 16.8 Å². The van der Waals surface area contributed by atoms with Gasteiger partial charge in [-0.1, -0.05) is 58.4 Å². The van der Waals surface area contributed by atoms with Crippen LogP contribution < -0.4 is 0 Å². The van der Waals surface area contributed by atoms with E-state index < -0.39 is 0 Å². The minimum atomic E-state index is 0.0716. The molecule has 1 aromatic carbocycles. The van der Waals surface area contributed by atoms with Gasteiger partial charge in [0.1, 0.15) is 0 Å². The van der Waals surface area contributed by atoms with E-state index in [2.05, 4.69) is 46.8 Å². The molecule has 1 nitrogen and oxygen atoms in total. The zero-order valence-corrected chi connectivity index (χ0v) is 12.0. The third kappa shape index (κ3) is 2.26. The predicted octanol–water partition coefficient (Wildman–Crippen LogP) is 4.92. The Labute approximate surface area is 109 Å². The predicted molar refractivity (Wildman–Crippen MR) is 75.8 cm³/mol. The summed E-state index contributed by atoms with van der Waals surface area (Å²) >= 11 is 6.50. The Kier molecular flexibility index (Phi) is 3.07. The maximum atomic E-state index is 6.50. The van der Waals surface area contributed by atoms with Crippen LogP contribution in [-0.2, 0) is 11.8 Å². The lowest BCUT2D eigenvalue weighted by Gasteiger charge is -2.21. The molecule has 0 atom stereocenters. The van der Waals surface area contributed by atoms with Gasteiger partial charge in [0.05, 0.1) is 10.7 Å². The van der Waals surface area contributed by atoms with Crippen LogP contribution in [0.4, 0.5) is 5.69 Å². The molecule has 0 aliphatic carbocycles. The van der Waals surface area contributed by atoms with Gasteiger partial charge < -0.3 is 0 Å². The number of hydrogen-bond donors (Lipinski definition) is 0. The Morgan fingerprint density at radius 3 is 2.41 bits per heavy atom. The van der Waals surface area contributed by atoms with Crippen molar-refractivity contribution in [3.63, 3.8) is 0 Å². The van der Waals surface area contributed by atoms with Crippen molar-refractivity contribution in [2.45, 2.75) is 46.5 Å². The first kappa shape index (κ1) is 12.6. The second-order valence-corrected chi connectivity index (χ2v) is 6.50. The highest BCUT2D eigenvalue weighted by molar-refractivity contribution is 6.34. The van der Waals surface area contributed by atoms with Crippen molar-refractivity contribution in [2.75, 3.05) is 0 Å². The summed E-state index contributed by atoms with van der Waals surface area (Å²) in [6.07, 6.45) is 0.955. The topological polar surface area (TPSA) is 12.4 Å². The van der Waals surface area contributed by atoms with Crippen LogP contribution in [-0.4, -0.2) is 5.71 Å². The van der Waals surface area contributed by atoms with E-state index in [9.17, 15) is 0 Å². The van der Waals surface area contributed by atoms with Crippen LogP contribution in [0, 0.1) is 5.92 Å². The molecule has 92 valence electrons. The largest absolute Gasteiger partial charge is 0.255 e. The van der Waals surface area contributed by atoms with E-state index in [1.807, 2.05) is 0 Å². The van der Waals surface area contributed by atoms with Gasteiger partial charge in [0.25, 0.3) is 0 Å². The number of fused-ring (bicyclic) bond motifs is 1. The molecule has 0 amide bonds. The minimum Gasteiger partial charge on any atom is -0.255 e. The summed E-state index contributed by atoms with van der Waals surface area (Å²) in [7, 11) is 0. The molecule has 1 heterocycles. The first-order valence-corrected chi connectivity index (χ1v) is 6.58. The molecule has 0 saturated carbocycles. The molecule has 0 unspecified atom stereocenters. The molecule has 1 aliphatic heterocycles.